The number of unbranched alkanes of at least 4 members (excludes halogenated alkanes) is 1. The number of piperidine rings is 1. The van der Waals surface area contributed by atoms with E-state index in [9.17, 15) is 9.59 Å². The molecule has 1 aromatic carbocycles. The summed E-state index contributed by atoms with van der Waals surface area (Å²) in [5.74, 6) is 0.950. The van der Waals surface area contributed by atoms with Crippen LogP contribution in [0.25, 0.3) is 0 Å². The Morgan fingerprint density at radius 2 is 1.88 bits per heavy atom. The summed E-state index contributed by atoms with van der Waals surface area (Å²) in [6.45, 7) is 8.16. The van der Waals surface area contributed by atoms with Crippen molar-refractivity contribution in [2.24, 2.45) is 16.6 Å². The van der Waals surface area contributed by atoms with E-state index in [4.69, 9.17) is 10.7 Å². The number of hydrogen-bond acceptors (Lipinski definition) is 4. The molecule has 4 N–H and O–H groups in total. The zero-order valence-electron chi connectivity index (χ0n) is 19.3. The number of aliphatic imine (C=N–C) groups is 1. The highest BCUT2D eigenvalue weighted by atomic mass is 16.2. The van der Waals surface area contributed by atoms with Gasteiger partial charge in [0.25, 0.3) is 0 Å². The van der Waals surface area contributed by atoms with E-state index in [1.165, 1.54) is 0 Å². The van der Waals surface area contributed by atoms with Gasteiger partial charge < -0.3 is 26.2 Å². The van der Waals surface area contributed by atoms with E-state index in [0.717, 1.165) is 88.6 Å². The van der Waals surface area contributed by atoms with Gasteiger partial charge in [0, 0.05) is 37.7 Å². The number of carbonyl (C=O) groups is 2. The van der Waals surface area contributed by atoms with E-state index in [1.54, 1.807) is 0 Å². The Bertz CT molecular complexity index is 771. The molecule has 0 saturated carbocycles. The minimum absolute atomic E-state index is 0.0608. The third-order valence-corrected chi connectivity index (χ3v) is 6.27. The van der Waals surface area contributed by atoms with Gasteiger partial charge in [-0.2, -0.15) is 0 Å². The highest BCUT2D eigenvalue weighted by molar-refractivity contribution is 5.95. The van der Waals surface area contributed by atoms with Gasteiger partial charge in [-0.1, -0.05) is 12.1 Å². The monoisotopic (exact) mass is 442 g/mol. The Hall–Kier alpha value is -2.61. The number of rotatable bonds is 10. The molecule has 8 heteroatoms. The molecule has 2 saturated heterocycles. The third kappa shape index (κ3) is 7.22. The quantitative estimate of drug-likeness (QED) is 0.292. The van der Waals surface area contributed by atoms with Crippen molar-refractivity contribution >= 4 is 23.5 Å². The smallest absolute Gasteiger partial charge is 0.227 e. The zero-order valence-corrected chi connectivity index (χ0v) is 19.3. The Morgan fingerprint density at radius 1 is 1.12 bits per heavy atom. The molecule has 0 spiro atoms. The van der Waals surface area contributed by atoms with Crippen LogP contribution in [-0.2, 0) is 16.1 Å². The van der Waals surface area contributed by atoms with Gasteiger partial charge >= 0.3 is 0 Å². The second kappa shape index (κ2) is 12.4. The fourth-order valence-corrected chi connectivity index (χ4v) is 4.32. The van der Waals surface area contributed by atoms with E-state index >= 15 is 0 Å². The number of primary amides is 1. The van der Waals surface area contributed by atoms with Crippen LogP contribution in [0.1, 0.15) is 51.0 Å². The molecule has 0 aliphatic carbocycles. The molecule has 0 radical (unpaired) electrons. The summed E-state index contributed by atoms with van der Waals surface area (Å²) in [5.41, 5.74) is 7.51. The first-order valence-electron chi connectivity index (χ1n) is 12.0. The van der Waals surface area contributed by atoms with Crippen LogP contribution in [-0.4, -0.2) is 61.9 Å². The van der Waals surface area contributed by atoms with Gasteiger partial charge in [-0.25, -0.2) is 4.99 Å². The van der Waals surface area contributed by atoms with Gasteiger partial charge in [-0.05, 0) is 76.4 Å². The Balaban J connectivity index is 1.36. The summed E-state index contributed by atoms with van der Waals surface area (Å²) in [6.07, 6.45) is 5.55. The molecule has 176 valence electrons. The maximum Gasteiger partial charge on any atom is 0.227 e. The van der Waals surface area contributed by atoms with Crippen molar-refractivity contribution in [3.63, 3.8) is 0 Å². The Labute approximate surface area is 191 Å². The van der Waals surface area contributed by atoms with Gasteiger partial charge in [0.05, 0.1) is 6.54 Å². The lowest BCUT2D eigenvalue weighted by atomic mass is 9.96. The van der Waals surface area contributed by atoms with Crippen molar-refractivity contribution in [3.8, 4) is 0 Å². The number of anilines is 1. The lowest BCUT2D eigenvalue weighted by Crippen LogP contribution is -2.39. The summed E-state index contributed by atoms with van der Waals surface area (Å²) >= 11 is 0. The molecule has 32 heavy (non-hydrogen) atoms. The van der Waals surface area contributed by atoms with E-state index < -0.39 is 0 Å². The summed E-state index contributed by atoms with van der Waals surface area (Å²) in [5, 5.41) is 6.72. The number of guanidine groups is 1. The highest BCUT2D eigenvalue weighted by Crippen LogP contribution is 2.21. The Kier molecular flexibility index (Phi) is 9.34. The van der Waals surface area contributed by atoms with Crippen LogP contribution < -0.4 is 21.3 Å². The largest absolute Gasteiger partial charge is 0.369 e. The molecule has 0 atom stereocenters. The average Bonchev–Trinajstić information content (AvgIpc) is 3.23. The van der Waals surface area contributed by atoms with Crippen LogP contribution in [0.4, 0.5) is 5.69 Å². The van der Waals surface area contributed by atoms with Crippen molar-refractivity contribution in [3.05, 3.63) is 29.8 Å². The summed E-state index contributed by atoms with van der Waals surface area (Å²) in [4.78, 5) is 32.1. The second-order valence-electron chi connectivity index (χ2n) is 8.66. The van der Waals surface area contributed by atoms with Crippen LogP contribution in [0.15, 0.2) is 29.3 Å². The van der Waals surface area contributed by atoms with Crippen molar-refractivity contribution in [1.29, 1.82) is 0 Å². The van der Waals surface area contributed by atoms with Gasteiger partial charge in [-0.3, -0.25) is 9.59 Å². The summed E-state index contributed by atoms with van der Waals surface area (Å²) < 4.78 is 0. The molecule has 8 nitrogen and oxygen atoms in total. The molecule has 2 amide bonds. The van der Waals surface area contributed by atoms with E-state index in [-0.39, 0.29) is 17.7 Å². The molecule has 3 rings (SSSR count). The standard InChI is InChI=1S/C24H38N6O2/c1-2-26-24(27-13-3-4-14-29-16-11-20(12-17-29)23(25)32)28-18-19-7-9-21(10-8-19)30-15-5-6-22(30)31/h7-10,20H,2-6,11-18H2,1H3,(H2,25,32)(H2,26,27,28). The number of likely N-dealkylation sites (tertiary alicyclic amines) is 1. The van der Waals surface area contributed by atoms with Gasteiger partial charge in [0.2, 0.25) is 11.8 Å². The Morgan fingerprint density at radius 3 is 2.50 bits per heavy atom. The number of amides is 2. The van der Waals surface area contributed by atoms with Crippen molar-refractivity contribution < 1.29 is 9.59 Å². The molecule has 1 aromatic rings. The lowest BCUT2D eigenvalue weighted by molar-refractivity contribution is -0.123. The van der Waals surface area contributed by atoms with Crippen LogP contribution in [0.2, 0.25) is 0 Å². The van der Waals surface area contributed by atoms with E-state index in [0.29, 0.717) is 13.0 Å². The predicted octanol–water partition coefficient (Wildman–Crippen LogP) is 1.85. The molecule has 0 bridgehead atoms. The fraction of sp³-hybridized carbons (Fsp3) is 0.625. The summed E-state index contributed by atoms with van der Waals surface area (Å²) in [7, 11) is 0. The van der Waals surface area contributed by atoms with Crippen molar-refractivity contribution in [1.82, 2.24) is 15.5 Å². The SMILES string of the molecule is CCNC(=NCc1ccc(N2CCCC2=O)cc1)NCCCCN1CCC(C(N)=O)CC1. The number of carbonyl (C=O) groups excluding carboxylic acids is 2. The lowest BCUT2D eigenvalue weighted by Gasteiger charge is -2.30. The van der Waals surface area contributed by atoms with E-state index in [2.05, 4.69) is 34.6 Å². The molecule has 2 aliphatic rings. The van der Waals surface area contributed by atoms with Crippen molar-refractivity contribution in [2.45, 2.75) is 52.0 Å². The topological polar surface area (TPSA) is 103 Å². The number of benzene rings is 1. The maximum atomic E-state index is 11.9. The first-order chi connectivity index (χ1) is 15.6. The van der Waals surface area contributed by atoms with Crippen LogP contribution in [0.5, 0.6) is 0 Å². The average molecular weight is 443 g/mol. The fourth-order valence-electron chi connectivity index (χ4n) is 4.32. The molecule has 0 aromatic heterocycles. The summed E-state index contributed by atoms with van der Waals surface area (Å²) in [6, 6.07) is 8.13. The molecule has 2 fully saturated rings. The van der Waals surface area contributed by atoms with Crippen LogP contribution in [0, 0.1) is 5.92 Å². The van der Waals surface area contributed by atoms with Crippen LogP contribution >= 0.6 is 0 Å². The normalized spacial score (nSPS) is 18.2. The maximum absolute atomic E-state index is 11.9. The van der Waals surface area contributed by atoms with Gasteiger partial charge in [0.1, 0.15) is 0 Å². The molecule has 2 aliphatic heterocycles. The molecular formula is C24H38N6O2. The minimum atomic E-state index is -0.151. The number of nitrogens with one attached hydrogen (secondary N) is 2. The first kappa shape index (κ1) is 24.0. The second-order valence-corrected chi connectivity index (χ2v) is 8.66. The first-order valence-corrected chi connectivity index (χ1v) is 12.0. The number of nitrogens with two attached hydrogens (primary N) is 1. The molecular weight excluding hydrogens is 404 g/mol. The molecule has 2 heterocycles. The van der Waals surface area contributed by atoms with Gasteiger partial charge in [-0.15, -0.1) is 0 Å². The van der Waals surface area contributed by atoms with Gasteiger partial charge in [0.15, 0.2) is 5.96 Å². The predicted molar refractivity (Wildman–Crippen MR) is 128 cm³/mol. The number of nitrogens with zero attached hydrogens (tertiary/aromatic N) is 3. The van der Waals surface area contributed by atoms with Crippen LogP contribution in [0.3, 0.4) is 0 Å². The third-order valence-electron chi connectivity index (χ3n) is 6.27. The van der Waals surface area contributed by atoms with E-state index in [1.807, 2.05) is 17.0 Å². The minimum Gasteiger partial charge on any atom is -0.369 e. The zero-order chi connectivity index (χ0) is 22.8. The number of hydrogen-bond donors (Lipinski definition) is 3. The highest BCUT2D eigenvalue weighted by Gasteiger charge is 2.22. The van der Waals surface area contributed by atoms with Crippen molar-refractivity contribution in [2.75, 3.05) is 44.2 Å². The molecule has 0 unspecified atom stereocenters.